The standard InChI is InChI=1S/C19H20N2O8S2.2Na/c20-17(22)5-7-19(8-6-18(21)23)15-9-11(30(24,25)26)1-3-13(15)14-4-2-12(10-16(14)19)31(27,28)29;;/h1-4,9-10H,5-8H2,(H2,20,22)(H2,21,23)(H,24,25,26)(H,27,28,29);;/q;2*+1/p-2. The smallest absolute Gasteiger partial charge is 0.862 e. The minimum Gasteiger partial charge on any atom is -0.862 e. The van der Waals surface area contributed by atoms with E-state index in [1.54, 1.807) is 0 Å². The van der Waals surface area contributed by atoms with Gasteiger partial charge in [-0.1, -0.05) is 12.1 Å². The van der Waals surface area contributed by atoms with E-state index in [0.29, 0.717) is 22.3 Å². The molecule has 0 amide bonds. The number of benzene rings is 2. The van der Waals surface area contributed by atoms with Gasteiger partial charge in [-0.2, -0.15) is 16.8 Å². The summed E-state index contributed by atoms with van der Waals surface area (Å²) in [6.45, 7) is 0. The molecule has 0 aromatic heterocycles. The molecule has 0 aliphatic heterocycles. The minimum absolute atomic E-state index is 0. The summed E-state index contributed by atoms with van der Waals surface area (Å²) in [7, 11) is -9.20. The van der Waals surface area contributed by atoms with E-state index in [4.69, 9.17) is 10.8 Å². The van der Waals surface area contributed by atoms with Gasteiger partial charge in [-0.05, 0) is 84.0 Å². The average Bonchev–Trinajstić information content (AvgIpc) is 2.92. The zero-order chi connectivity index (χ0) is 23.2. The van der Waals surface area contributed by atoms with Gasteiger partial charge in [-0.3, -0.25) is 9.11 Å². The van der Waals surface area contributed by atoms with Crippen molar-refractivity contribution >= 4 is 32.0 Å². The van der Waals surface area contributed by atoms with E-state index in [0.717, 1.165) is 12.1 Å². The molecule has 166 valence electrons. The summed E-state index contributed by atoms with van der Waals surface area (Å²) in [5.74, 6) is -1.85. The second-order valence-electron chi connectivity index (χ2n) is 7.29. The molecule has 2 aromatic rings. The quantitative estimate of drug-likeness (QED) is 0.116. The van der Waals surface area contributed by atoms with Crippen LogP contribution in [0.5, 0.6) is 0 Å². The Balaban J connectivity index is 0.00000272. The van der Waals surface area contributed by atoms with Crippen molar-refractivity contribution < 1.29 is 95.3 Å². The zero-order valence-corrected chi connectivity index (χ0v) is 23.6. The monoisotopic (exact) mass is 512 g/mol. The van der Waals surface area contributed by atoms with Crippen molar-refractivity contribution in [2.24, 2.45) is 0 Å². The van der Waals surface area contributed by atoms with Crippen LogP contribution in [-0.2, 0) is 25.7 Å². The van der Waals surface area contributed by atoms with E-state index >= 15 is 0 Å². The summed E-state index contributed by atoms with van der Waals surface area (Å²) in [5.41, 5.74) is 0.304. The predicted molar refractivity (Wildman–Crippen MR) is 106 cm³/mol. The van der Waals surface area contributed by atoms with E-state index in [1.165, 1.54) is 24.3 Å². The Morgan fingerprint density at radius 1 is 0.758 bits per heavy atom. The summed E-state index contributed by atoms with van der Waals surface area (Å²) in [5, 5.41) is 37.5. The molecule has 1 aliphatic rings. The van der Waals surface area contributed by atoms with Crippen molar-refractivity contribution in [3.05, 3.63) is 47.5 Å². The summed E-state index contributed by atoms with van der Waals surface area (Å²) in [4.78, 5) is -0.874. The summed E-state index contributed by atoms with van der Waals surface area (Å²) >= 11 is 0. The predicted octanol–water partition coefficient (Wildman–Crippen LogP) is -5.31. The molecule has 0 unspecified atom stereocenters. The van der Waals surface area contributed by atoms with E-state index in [1.807, 2.05) is 0 Å². The van der Waals surface area contributed by atoms with Crippen LogP contribution in [0.25, 0.3) is 11.1 Å². The van der Waals surface area contributed by atoms with Gasteiger partial charge >= 0.3 is 59.1 Å². The van der Waals surface area contributed by atoms with Gasteiger partial charge in [0.25, 0.3) is 20.2 Å². The molecular formula is C19H18N2Na2O8S2. The first-order valence-corrected chi connectivity index (χ1v) is 11.9. The molecule has 0 saturated carbocycles. The number of hydrogen-bond acceptors (Lipinski definition) is 8. The van der Waals surface area contributed by atoms with Crippen molar-refractivity contribution in [3.8, 4) is 11.1 Å². The van der Waals surface area contributed by atoms with E-state index in [2.05, 4.69) is 0 Å². The molecule has 0 heterocycles. The first-order chi connectivity index (χ1) is 14.3. The minimum atomic E-state index is -4.60. The molecular weight excluding hydrogens is 494 g/mol. The third-order valence-electron chi connectivity index (χ3n) is 5.46. The van der Waals surface area contributed by atoms with E-state index in [-0.39, 0.29) is 84.8 Å². The van der Waals surface area contributed by atoms with Crippen molar-refractivity contribution in [1.82, 2.24) is 0 Å². The van der Waals surface area contributed by atoms with Gasteiger partial charge in [0.1, 0.15) is 0 Å². The molecule has 0 saturated heterocycles. The molecule has 2 aromatic carbocycles. The van der Waals surface area contributed by atoms with Gasteiger partial charge in [-0.25, -0.2) is 0 Å². The molecule has 14 heteroatoms. The molecule has 0 fully saturated rings. The van der Waals surface area contributed by atoms with E-state index < -0.39 is 47.2 Å². The van der Waals surface area contributed by atoms with Crippen LogP contribution in [0.3, 0.4) is 0 Å². The fourth-order valence-corrected chi connectivity index (χ4v) is 5.11. The van der Waals surface area contributed by atoms with Gasteiger partial charge in [0.15, 0.2) is 0 Å². The van der Waals surface area contributed by atoms with Crippen molar-refractivity contribution in [1.29, 1.82) is 10.8 Å². The molecule has 0 bridgehead atoms. The molecule has 0 atom stereocenters. The summed E-state index contributed by atoms with van der Waals surface area (Å²) < 4.78 is 65.8. The SMILES string of the molecule is N=C([O-])CCC1(CCC(=N)[O-])c2cc(S(=O)(=O)O)ccc2-c2ccc(S(=O)(=O)O)cc21.[Na+].[Na+]. The van der Waals surface area contributed by atoms with Crippen LogP contribution >= 0.6 is 0 Å². The van der Waals surface area contributed by atoms with Crippen LogP contribution in [0, 0.1) is 10.8 Å². The number of nitrogens with one attached hydrogen (secondary N) is 2. The van der Waals surface area contributed by atoms with Gasteiger partial charge in [0.05, 0.1) is 9.79 Å². The molecule has 10 nitrogen and oxygen atoms in total. The van der Waals surface area contributed by atoms with Gasteiger partial charge < -0.3 is 21.0 Å². The largest absolute Gasteiger partial charge is 1.00 e. The number of fused-ring (bicyclic) bond motifs is 3. The Hall–Kier alpha value is -0.800. The summed E-state index contributed by atoms with van der Waals surface area (Å²) in [6.07, 6.45) is -0.743. The third kappa shape index (κ3) is 6.26. The van der Waals surface area contributed by atoms with Crippen molar-refractivity contribution in [2.45, 2.75) is 40.9 Å². The Labute approximate surface area is 235 Å². The number of rotatable bonds is 8. The van der Waals surface area contributed by atoms with E-state index in [9.17, 15) is 36.2 Å². The average molecular weight is 512 g/mol. The molecule has 4 N–H and O–H groups in total. The first kappa shape index (κ1) is 30.2. The zero-order valence-electron chi connectivity index (χ0n) is 18.0. The third-order valence-corrected chi connectivity index (χ3v) is 7.16. The van der Waals surface area contributed by atoms with Crippen LogP contribution in [0.1, 0.15) is 36.8 Å². The molecule has 3 rings (SSSR count). The van der Waals surface area contributed by atoms with Crippen LogP contribution in [0.15, 0.2) is 46.2 Å². The van der Waals surface area contributed by atoms with Gasteiger partial charge in [-0.15, -0.1) is 0 Å². The molecule has 1 aliphatic carbocycles. The van der Waals surface area contributed by atoms with Gasteiger partial charge in [0.2, 0.25) is 0 Å². The fraction of sp³-hybridized carbons (Fsp3) is 0.263. The summed E-state index contributed by atoms with van der Waals surface area (Å²) in [6, 6.07) is 7.52. The van der Waals surface area contributed by atoms with Crippen LogP contribution < -0.4 is 69.3 Å². The maximum Gasteiger partial charge on any atom is 1.00 e. The maximum atomic E-state index is 11.7. The normalized spacial score (nSPS) is 13.8. The topological polar surface area (TPSA) is 203 Å². The van der Waals surface area contributed by atoms with Crippen molar-refractivity contribution in [2.75, 3.05) is 0 Å². The van der Waals surface area contributed by atoms with Crippen LogP contribution in [0.2, 0.25) is 0 Å². The Morgan fingerprint density at radius 3 is 1.36 bits per heavy atom. The van der Waals surface area contributed by atoms with Crippen LogP contribution in [0.4, 0.5) is 0 Å². The second-order valence-corrected chi connectivity index (χ2v) is 10.1. The fourth-order valence-electron chi connectivity index (χ4n) is 4.09. The Morgan fingerprint density at radius 2 is 1.09 bits per heavy atom. The number of hydrogen-bond donors (Lipinski definition) is 4. The molecule has 33 heavy (non-hydrogen) atoms. The first-order valence-electron chi connectivity index (χ1n) is 8.99. The van der Waals surface area contributed by atoms with Crippen LogP contribution in [-0.4, -0.2) is 37.7 Å². The van der Waals surface area contributed by atoms with Gasteiger partial charge in [0, 0.05) is 5.41 Å². The second kappa shape index (κ2) is 10.9. The van der Waals surface area contributed by atoms with Crippen molar-refractivity contribution in [3.63, 3.8) is 0 Å². The molecule has 0 spiro atoms. The Kier molecular flexibility index (Phi) is 9.94. The Bertz CT molecular complexity index is 1210. The maximum absolute atomic E-state index is 11.7. The molecule has 0 radical (unpaired) electrons.